The van der Waals surface area contributed by atoms with Gasteiger partial charge in [0.1, 0.15) is 5.76 Å². The minimum absolute atomic E-state index is 0.0264. The summed E-state index contributed by atoms with van der Waals surface area (Å²) in [6.07, 6.45) is 13.2. The molecular formula is C18H24N2O2. The lowest BCUT2D eigenvalue weighted by Gasteiger charge is -2.57. The molecule has 1 aromatic rings. The Bertz CT molecular complexity index is 526. The van der Waals surface area contributed by atoms with Gasteiger partial charge in [0.05, 0.1) is 12.5 Å². The molecule has 0 spiro atoms. The number of rotatable bonds is 5. The van der Waals surface area contributed by atoms with E-state index in [1.807, 2.05) is 6.07 Å². The third-order valence-electron chi connectivity index (χ3n) is 5.97. The molecule has 4 bridgehead atoms. The minimum Gasteiger partial charge on any atom is -0.463 e. The maximum absolute atomic E-state index is 12.0. The van der Waals surface area contributed by atoms with E-state index in [0.29, 0.717) is 17.6 Å². The molecule has 0 aromatic carbocycles. The lowest BCUT2D eigenvalue weighted by Crippen LogP contribution is -2.46. The monoisotopic (exact) mass is 300 g/mol. The Morgan fingerprint density at radius 3 is 2.55 bits per heavy atom. The van der Waals surface area contributed by atoms with Gasteiger partial charge < -0.3 is 4.42 Å². The number of hydrazone groups is 1. The Morgan fingerprint density at radius 1 is 1.27 bits per heavy atom. The first kappa shape index (κ1) is 14.0. The fourth-order valence-corrected chi connectivity index (χ4v) is 5.56. The Labute approximate surface area is 131 Å². The van der Waals surface area contributed by atoms with Crippen LogP contribution < -0.4 is 5.43 Å². The molecule has 1 aromatic heterocycles. The highest BCUT2D eigenvalue weighted by molar-refractivity contribution is 5.80. The average molecular weight is 300 g/mol. The van der Waals surface area contributed by atoms with E-state index in [1.165, 1.54) is 38.5 Å². The molecule has 4 fully saturated rings. The van der Waals surface area contributed by atoms with Crippen LogP contribution in [0.5, 0.6) is 0 Å². The molecule has 22 heavy (non-hydrogen) atoms. The first-order chi connectivity index (χ1) is 10.7. The van der Waals surface area contributed by atoms with Crippen LogP contribution in [0.1, 0.15) is 57.1 Å². The number of furan rings is 1. The van der Waals surface area contributed by atoms with Crippen LogP contribution in [0, 0.1) is 23.2 Å². The van der Waals surface area contributed by atoms with Crippen LogP contribution in [0.15, 0.2) is 27.9 Å². The lowest BCUT2D eigenvalue weighted by atomic mass is 9.48. The van der Waals surface area contributed by atoms with Gasteiger partial charge in [-0.3, -0.25) is 4.79 Å². The zero-order valence-corrected chi connectivity index (χ0v) is 13.0. The smallest absolute Gasteiger partial charge is 0.240 e. The van der Waals surface area contributed by atoms with E-state index in [4.69, 9.17) is 4.42 Å². The summed E-state index contributed by atoms with van der Waals surface area (Å²) in [6.45, 7) is 0. The van der Waals surface area contributed by atoms with Crippen molar-refractivity contribution in [3.05, 3.63) is 24.2 Å². The second-order valence-electron chi connectivity index (χ2n) is 7.73. The van der Waals surface area contributed by atoms with Gasteiger partial charge in [0.15, 0.2) is 0 Å². The van der Waals surface area contributed by atoms with Crippen LogP contribution in [0.3, 0.4) is 0 Å². The van der Waals surface area contributed by atoms with E-state index in [2.05, 4.69) is 10.5 Å². The van der Waals surface area contributed by atoms with E-state index < -0.39 is 0 Å². The Kier molecular flexibility index (Phi) is 3.55. The van der Waals surface area contributed by atoms with E-state index >= 15 is 0 Å². The normalized spacial score (nSPS) is 36.1. The predicted molar refractivity (Wildman–Crippen MR) is 84.3 cm³/mol. The number of nitrogens with one attached hydrogen (secondary N) is 1. The fourth-order valence-electron chi connectivity index (χ4n) is 5.56. The summed E-state index contributed by atoms with van der Waals surface area (Å²) in [4.78, 5) is 12.0. The Hall–Kier alpha value is -1.58. The third-order valence-corrected chi connectivity index (χ3v) is 5.97. The zero-order valence-electron chi connectivity index (χ0n) is 13.0. The first-order valence-corrected chi connectivity index (χ1v) is 8.56. The van der Waals surface area contributed by atoms with Gasteiger partial charge in [-0.15, -0.1) is 0 Å². The van der Waals surface area contributed by atoms with Gasteiger partial charge in [0.2, 0.25) is 5.91 Å². The summed E-state index contributed by atoms with van der Waals surface area (Å²) in [5.74, 6) is 3.53. The standard InChI is InChI=1S/C18H24N2O2/c21-17(20-19-12-16-2-1-5-22-16)3-4-18-9-13-6-14(10-18)8-15(7-13)11-18/h1-2,5,12-15H,3-4,6-11H2,(H,20,21)/b19-12+. The highest BCUT2D eigenvalue weighted by Gasteiger charge is 2.50. The van der Waals surface area contributed by atoms with Crippen molar-refractivity contribution in [2.75, 3.05) is 0 Å². The second kappa shape index (κ2) is 5.56. The van der Waals surface area contributed by atoms with Crippen molar-refractivity contribution in [3.63, 3.8) is 0 Å². The van der Waals surface area contributed by atoms with Crippen LogP contribution in [-0.4, -0.2) is 12.1 Å². The number of amides is 1. The minimum atomic E-state index is 0.0264. The number of carbonyl (C=O) groups excluding carboxylic acids is 1. The molecule has 4 nitrogen and oxygen atoms in total. The van der Waals surface area contributed by atoms with Crippen molar-refractivity contribution in [3.8, 4) is 0 Å². The Morgan fingerprint density at radius 2 is 1.95 bits per heavy atom. The molecule has 0 saturated heterocycles. The summed E-state index contributed by atoms with van der Waals surface area (Å²) >= 11 is 0. The fraction of sp³-hybridized carbons (Fsp3) is 0.667. The summed E-state index contributed by atoms with van der Waals surface area (Å²) < 4.78 is 5.14. The van der Waals surface area contributed by atoms with Crippen molar-refractivity contribution >= 4 is 12.1 Å². The first-order valence-electron chi connectivity index (χ1n) is 8.56. The molecule has 118 valence electrons. The quantitative estimate of drug-likeness (QED) is 0.665. The molecular weight excluding hydrogens is 276 g/mol. The van der Waals surface area contributed by atoms with Crippen molar-refractivity contribution in [2.45, 2.75) is 51.4 Å². The molecule has 1 heterocycles. The maximum Gasteiger partial charge on any atom is 0.240 e. The van der Waals surface area contributed by atoms with Gasteiger partial charge in [-0.1, -0.05) is 0 Å². The molecule has 0 aliphatic heterocycles. The van der Waals surface area contributed by atoms with Gasteiger partial charge in [0, 0.05) is 6.42 Å². The number of hydrogen-bond acceptors (Lipinski definition) is 3. The van der Waals surface area contributed by atoms with Crippen LogP contribution >= 0.6 is 0 Å². The lowest BCUT2D eigenvalue weighted by molar-refractivity contribution is -0.123. The molecule has 4 aliphatic rings. The van der Waals surface area contributed by atoms with E-state index in [-0.39, 0.29) is 5.91 Å². The van der Waals surface area contributed by atoms with Crippen molar-refractivity contribution < 1.29 is 9.21 Å². The number of hydrogen-bond donors (Lipinski definition) is 1. The molecule has 1 N–H and O–H groups in total. The molecule has 1 amide bonds. The maximum atomic E-state index is 12.0. The number of nitrogens with zero attached hydrogens (tertiary/aromatic N) is 1. The summed E-state index contributed by atoms with van der Waals surface area (Å²) in [6, 6.07) is 3.61. The third kappa shape index (κ3) is 2.83. The van der Waals surface area contributed by atoms with Gasteiger partial charge in [-0.25, -0.2) is 5.43 Å². The van der Waals surface area contributed by atoms with Gasteiger partial charge in [-0.2, -0.15) is 5.10 Å². The van der Waals surface area contributed by atoms with Gasteiger partial charge in [0.25, 0.3) is 0 Å². The topological polar surface area (TPSA) is 54.6 Å². The summed E-state index contributed by atoms with van der Waals surface area (Å²) in [5, 5.41) is 3.96. The van der Waals surface area contributed by atoms with Crippen molar-refractivity contribution in [1.82, 2.24) is 5.43 Å². The molecule has 4 saturated carbocycles. The molecule has 0 unspecified atom stereocenters. The Balaban J connectivity index is 1.28. The van der Waals surface area contributed by atoms with Crippen LogP contribution in [0.2, 0.25) is 0 Å². The molecule has 4 aliphatic carbocycles. The van der Waals surface area contributed by atoms with Gasteiger partial charge in [-0.05, 0) is 80.2 Å². The number of carbonyl (C=O) groups is 1. The van der Waals surface area contributed by atoms with Crippen LogP contribution in [0.25, 0.3) is 0 Å². The molecule has 0 radical (unpaired) electrons. The van der Waals surface area contributed by atoms with E-state index in [1.54, 1.807) is 18.5 Å². The molecule has 0 atom stereocenters. The highest BCUT2D eigenvalue weighted by Crippen LogP contribution is 2.61. The predicted octanol–water partition coefficient (Wildman–Crippen LogP) is 3.73. The average Bonchev–Trinajstić information content (AvgIpc) is 2.97. The summed E-state index contributed by atoms with van der Waals surface area (Å²) in [7, 11) is 0. The van der Waals surface area contributed by atoms with E-state index in [9.17, 15) is 4.79 Å². The second-order valence-corrected chi connectivity index (χ2v) is 7.73. The van der Waals surface area contributed by atoms with Gasteiger partial charge >= 0.3 is 0 Å². The SMILES string of the molecule is O=C(CCC12CC3CC(CC(C3)C1)C2)N/N=C/c1ccco1. The van der Waals surface area contributed by atoms with Crippen molar-refractivity contribution in [2.24, 2.45) is 28.3 Å². The largest absolute Gasteiger partial charge is 0.463 e. The molecule has 5 rings (SSSR count). The van der Waals surface area contributed by atoms with Crippen LogP contribution in [0.4, 0.5) is 0 Å². The van der Waals surface area contributed by atoms with Crippen molar-refractivity contribution in [1.29, 1.82) is 0 Å². The van der Waals surface area contributed by atoms with Crippen LogP contribution in [-0.2, 0) is 4.79 Å². The highest BCUT2D eigenvalue weighted by atomic mass is 16.3. The summed E-state index contributed by atoms with van der Waals surface area (Å²) in [5.41, 5.74) is 3.09. The zero-order chi connectivity index (χ0) is 15.0. The molecule has 4 heteroatoms. The van der Waals surface area contributed by atoms with E-state index in [0.717, 1.165) is 24.2 Å².